The molecule has 1 aliphatic heterocycles. The first-order chi connectivity index (χ1) is 8.52. The minimum atomic E-state index is -0.119. The van der Waals surface area contributed by atoms with E-state index in [1.165, 1.54) is 0 Å². The Kier molecular flexibility index (Phi) is 4.15. The predicted octanol–water partition coefficient (Wildman–Crippen LogP) is 3.17. The summed E-state index contributed by atoms with van der Waals surface area (Å²) in [4.78, 5) is 0. The Morgan fingerprint density at radius 2 is 2.28 bits per heavy atom. The molecule has 0 spiro atoms. The van der Waals surface area contributed by atoms with Crippen molar-refractivity contribution in [3.8, 4) is 5.75 Å². The van der Waals surface area contributed by atoms with Crippen molar-refractivity contribution >= 4 is 11.6 Å². The van der Waals surface area contributed by atoms with Crippen LogP contribution in [0.25, 0.3) is 0 Å². The standard InChI is InChI=1S/C14H19ClO3/c1-14(2)7-6-10(18-14)9-17-13-5-3-4-12(15)11(13)8-16/h3-5,10,16H,6-9H2,1-2H3. The lowest BCUT2D eigenvalue weighted by Gasteiger charge is -2.20. The molecule has 4 heteroatoms. The van der Waals surface area contributed by atoms with Gasteiger partial charge in [0, 0.05) is 10.6 Å². The third-order valence-electron chi connectivity index (χ3n) is 3.21. The first-order valence-corrected chi connectivity index (χ1v) is 6.58. The zero-order valence-electron chi connectivity index (χ0n) is 10.8. The lowest BCUT2D eigenvalue weighted by molar-refractivity contribution is -0.0328. The fourth-order valence-corrected chi connectivity index (χ4v) is 2.43. The second-order valence-corrected chi connectivity index (χ2v) is 5.63. The minimum absolute atomic E-state index is 0.0534. The third-order valence-corrected chi connectivity index (χ3v) is 3.57. The first kappa shape index (κ1) is 13.7. The monoisotopic (exact) mass is 270 g/mol. The van der Waals surface area contributed by atoms with Gasteiger partial charge in [0.1, 0.15) is 12.4 Å². The van der Waals surface area contributed by atoms with Crippen LogP contribution >= 0.6 is 11.6 Å². The van der Waals surface area contributed by atoms with Gasteiger partial charge in [-0.15, -0.1) is 0 Å². The Bertz CT molecular complexity index is 418. The SMILES string of the molecule is CC1(C)CCC(COc2cccc(Cl)c2CO)O1. The molecular weight excluding hydrogens is 252 g/mol. The van der Waals surface area contributed by atoms with Crippen molar-refractivity contribution in [3.05, 3.63) is 28.8 Å². The van der Waals surface area contributed by atoms with Gasteiger partial charge in [-0.05, 0) is 38.8 Å². The van der Waals surface area contributed by atoms with Gasteiger partial charge in [0.15, 0.2) is 0 Å². The lowest BCUT2D eigenvalue weighted by atomic mass is 10.1. The Labute approximate surface area is 113 Å². The summed E-state index contributed by atoms with van der Waals surface area (Å²) in [5.74, 6) is 0.637. The number of hydrogen-bond acceptors (Lipinski definition) is 3. The number of halogens is 1. The van der Waals surface area contributed by atoms with Crippen molar-refractivity contribution in [2.45, 2.75) is 45.0 Å². The van der Waals surface area contributed by atoms with Gasteiger partial charge in [-0.3, -0.25) is 0 Å². The fraction of sp³-hybridized carbons (Fsp3) is 0.571. The number of aliphatic hydroxyl groups is 1. The quantitative estimate of drug-likeness (QED) is 0.913. The van der Waals surface area contributed by atoms with Crippen molar-refractivity contribution in [2.24, 2.45) is 0 Å². The molecule has 1 aromatic carbocycles. The molecule has 0 amide bonds. The van der Waals surface area contributed by atoms with Crippen LogP contribution in [0, 0.1) is 0 Å². The summed E-state index contributed by atoms with van der Waals surface area (Å²) in [5, 5.41) is 9.81. The Morgan fingerprint density at radius 1 is 1.50 bits per heavy atom. The molecule has 3 nitrogen and oxygen atoms in total. The number of rotatable bonds is 4. The summed E-state index contributed by atoms with van der Waals surface area (Å²) in [6, 6.07) is 5.38. The largest absolute Gasteiger partial charge is 0.490 e. The molecule has 1 fully saturated rings. The van der Waals surface area contributed by atoms with Gasteiger partial charge >= 0.3 is 0 Å². The van der Waals surface area contributed by atoms with Gasteiger partial charge in [-0.2, -0.15) is 0 Å². The molecule has 100 valence electrons. The van der Waals surface area contributed by atoms with Gasteiger partial charge in [0.2, 0.25) is 0 Å². The molecule has 2 rings (SSSR count). The van der Waals surface area contributed by atoms with Crippen molar-refractivity contribution < 1.29 is 14.6 Å². The molecule has 1 heterocycles. The number of benzene rings is 1. The summed E-state index contributed by atoms with van der Waals surface area (Å²) in [6.45, 7) is 4.56. The highest BCUT2D eigenvalue weighted by molar-refractivity contribution is 6.31. The van der Waals surface area contributed by atoms with Gasteiger partial charge in [0.25, 0.3) is 0 Å². The molecule has 1 saturated heterocycles. The van der Waals surface area contributed by atoms with Crippen molar-refractivity contribution in [1.29, 1.82) is 0 Å². The maximum absolute atomic E-state index is 9.28. The van der Waals surface area contributed by atoms with E-state index in [0.29, 0.717) is 22.9 Å². The summed E-state index contributed by atoms with van der Waals surface area (Å²) in [7, 11) is 0. The zero-order chi connectivity index (χ0) is 13.2. The summed E-state index contributed by atoms with van der Waals surface area (Å²) < 4.78 is 11.6. The second kappa shape index (κ2) is 5.47. The summed E-state index contributed by atoms with van der Waals surface area (Å²) in [6.07, 6.45) is 2.16. The van der Waals surface area contributed by atoms with Crippen LogP contribution in [-0.4, -0.2) is 23.4 Å². The van der Waals surface area contributed by atoms with E-state index in [9.17, 15) is 5.11 Å². The van der Waals surface area contributed by atoms with Crippen molar-refractivity contribution in [2.75, 3.05) is 6.61 Å². The highest BCUT2D eigenvalue weighted by Crippen LogP contribution is 2.31. The van der Waals surface area contributed by atoms with Gasteiger partial charge in [0.05, 0.1) is 18.3 Å². The normalized spacial score (nSPS) is 22.1. The highest BCUT2D eigenvalue weighted by atomic mass is 35.5. The van der Waals surface area contributed by atoms with Crippen molar-refractivity contribution in [1.82, 2.24) is 0 Å². The van der Waals surface area contributed by atoms with Gasteiger partial charge in [-0.1, -0.05) is 17.7 Å². The molecule has 1 unspecified atom stereocenters. The lowest BCUT2D eigenvalue weighted by Crippen LogP contribution is -2.24. The van der Waals surface area contributed by atoms with E-state index in [0.717, 1.165) is 12.8 Å². The van der Waals surface area contributed by atoms with Crippen LogP contribution in [0.15, 0.2) is 18.2 Å². The first-order valence-electron chi connectivity index (χ1n) is 6.21. The fourth-order valence-electron chi connectivity index (χ4n) is 2.21. The average molecular weight is 271 g/mol. The van der Waals surface area contributed by atoms with E-state index >= 15 is 0 Å². The molecule has 0 aromatic heterocycles. The summed E-state index contributed by atoms with van der Waals surface area (Å²) in [5.41, 5.74) is 0.582. The Hall–Kier alpha value is -0.770. The Balaban J connectivity index is 1.97. The highest BCUT2D eigenvalue weighted by Gasteiger charge is 2.32. The van der Waals surface area contributed by atoms with Crippen LogP contribution in [0.4, 0.5) is 0 Å². The van der Waals surface area contributed by atoms with Crippen LogP contribution in [0.3, 0.4) is 0 Å². The number of ether oxygens (including phenoxy) is 2. The molecule has 1 aliphatic rings. The minimum Gasteiger partial charge on any atom is -0.490 e. The maximum atomic E-state index is 9.28. The van der Waals surface area contributed by atoms with E-state index in [2.05, 4.69) is 13.8 Å². The van der Waals surface area contributed by atoms with Crippen LogP contribution in [0.5, 0.6) is 5.75 Å². The molecule has 0 radical (unpaired) electrons. The molecule has 0 saturated carbocycles. The topological polar surface area (TPSA) is 38.7 Å². The number of hydrogen-bond donors (Lipinski definition) is 1. The van der Waals surface area contributed by atoms with Gasteiger partial charge < -0.3 is 14.6 Å². The molecule has 0 bridgehead atoms. The van der Waals surface area contributed by atoms with E-state index in [4.69, 9.17) is 21.1 Å². The smallest absolute Gasteiger partial charge is 0.126 e. The van der Waals surface area contributed by atoms with Crippen molar-refractivity contribution in [3.63, 3.8) is 0 Å². The molecule has 1 N–H and O–H groups in total. The zero-order valence-corrected chi connectivity index (χ0v) is 11.5. The molecule has 0 aliphatic carbocycles. The van der Waals surface area contributed by atoms with Crippen LogP contribution in [-0.2, 0) is 11.3 Å². The van der Waals surface area contributed by atoms with Crippen LogP contribution < -0.4 is 4.74 Å². The predicted molar refractivity (Wildman–Crippen MR) is 71.1 cm³/mol. The third kappa shape index (κ3) is 3.16. The average Bonchev–Trinajstić information content (AvgIpc) is 2.66. The number of aliphatic hydroxyl groups excluding tert-OH is 1. The second-order valence-electron chi connectivity index (χ2n) is 5.22. The van der Waals surface area contributed by atoms with Gasteiger partial charge in [-0.25, -0.2) is 0 Å². The van der Waals surface area contributed by atoms with Crippen LogP contribution in [0.1, 0.15) is 32.3 Å². The summed E-state index contributed by atoms with van der Waals surface area (Å²) >= 11 is 6.00. The van der Waals surface area contributed by atoms with E-state index < -0.39 is 0 Å². The van der Waals surface area contributed by atoms with E-state index in [1.54, 1.807) is 6.07 Å². The van der Waals surface area contributed by atoms with Crippen LogP contribution in [0.2, 0.25) is 5.02 Å². The maximum Gasteiger partial charge on any atom is 0.126 e. The van der Waals surface area contributed by atoms with E-state index in [-0.39, 0.29) is 18.3 Å². The molecule has 1 atom stereocenters. The molecular formula is C14H19ClO3. The Morgan fingerprint density at radius 3 is 2.89 bits per heavy atom. The van der Waals surface area contributed by atoms with E-state index in [1.807, 2.05) is 12.1 Å². The molecule has 18 heavy (non-hydrogen) atoms. The molecule has 1 aromatic rings.